The Morgan fingerprint density at radius 2 is 1.93 bits per heavy atom. The summed E-state index contributed by atoms with van der Waals surface area (Å²) in [6.07, 6.45) is 2.39. The highest BCUT2D eigenvalue weighted by molar-refractivity contribution is 7.92. The summed E-state index contributed by atoms with van der Waals surface area (Å²) < 4.78 is 21.7. The van der Waals surface area contributed by atoms with Crippen molar-refractivity contribution in [1.29, 1.82) is 0 Å². The fourth-order valence-corrected chi connectivity index (χ4v) is 3.06. The maximum Gasteiger partial charge on any atom is 0.240 e. The second-order valence-electron chi connectivity index (χ2n) is 4.26. The Bertz CT molecular complexity index is 347. The predicted octanol–water partition coefficient (Wildman–Crippen LogP) is -1.22. The second-order valence-corrected chi connectivity index (χ2v) is 6.41. The second kappa shape index (κ2) is 2.93. The van der Waals surface area contributed by atoms with Crippen LogP contribution < -0.4 is 11.1 Å². The van der Waals surface area contributed by atoms with Gasteiger partial charge in [0.05, 0.1) is 23.1 Å². The monoisotopic (exact) mass is 218 g/mol. The standard InChI is InChI=1S/C8H14N2O3S/c9-8(2-1-3-8)7(11)10-6-4-14(12,13)5-6/h6H,1-5,9H2,(H,10,11). The van der Waals surface area contributed by atoms with E-state index in [1.54, 1.807) is 0 Å². The zero-order valence-electron chi connectivity index (χ0n) is 7.82. The average Bonchev–Trinajstić information content (AvgIpc) is 1.96. The molecule has 3 N–H and O–H groups in total. The van der Waals surface area contributed by atoms with Gasteiger partial charge in [0.1, 0.15) is 0 Å². The van der Waals surface area contributed by atoms with E-state index in [4.69, 9.17) is 5.73 Å². The van der Waals surface area contributed by atoms with Crippen molar-refractivity contribution >= 4 is 15.7 Å². The summed E-state index contributed by atoms with van der Waals surface area (Å²) in [5.41, 5.74) is 5.06. The third-order valence-corrected chi connectivity index (χ3v) is 4.76. The number of carbonyl (C=O) groups excluding carboxylic acids is 1. The van der Waals surface area contributed by atoms with Crippen molar-refractivity contribution in [3.63, 3.8) is 0 Å². The van der Waals surface area contributed by atoms with E-state index in [1.165, 1.54) is 0 Å². The van der Waals surface area contributed by atoms with Crippen LogP contribution in [0.3, 0.4) is 0 Å². The minimum atomic E-state index is -2.87. The lowest BCUT2D eigenvalue weighted by Gasteiger charge is -2.38. The molecule has 0 bridgehead atoms. The minimum Gasteiger partial charge on any atom is -0.350 e. The first-order chi connectivity index (χ1) is 6.41. The van der Waals surface area contributed by atoms with Gasteiger partial charge in [0.15, 0.2) is 9.84 Å². The van der Waals surface area contributed by atoms with Crippen LogP contribution in [0.15, 0.2) is 0 Å². The summed E-state index contributed by atoms with van der Waals surface area (Å²) in [5, 5.41) is 2.67. The molecule has 0 spiro atoms. The highest BCUT2D eigenvalue weighted by atomic mass is 32.2. The molecule has 2 aliphatic rings. The predicted molar refractivity (Wildman–Crippen MR) is 51.4 cm³/mol. The summed E-state index contributed by atoms with van der Waals surface area (Å²) in [6.45, 7) is 0. The maximum absolute atomic E-state index is 11.5. The molecule has 1 aliphatic heterocycles. The smallest absolute Gasteiger partial charge is 0.240 e. The van der Waals surface area contributed by atoms with E-state index >= 15 is 0 Å². The van der Waals surface area contributed by atoms with Crippen LogP contribution in [0.1, 0.15) is 19.3 Å². The van der Waals surface area contributed by atoms with Crippen LogP contribution in [0.2, 0.25) is 0 Å². The number of hydrogen-bond donors (Lipinski definition) is 2. The molecule has 1 aliphatic carbocycles. The third-order valence-electron chi connectivity index (χ3n) is 2.94. The molecule has 0 aromatic carbocycles. The third kappa shape index (κ3) is 1.64. The molecule has 0 radical (unpaired) electrons. The molecule has 6 heteroatoms. The van der Waals surface area contributed by atoms with Gasteiger partial charge in [-0.05, 0) is 19.3 Å². The molecule has 80 valence electrons. The molecule has 0 aromatic heterocycles. The van der Waals surface area contributed by atoms with Crippen molar-refractivity contribution in [2.24, 2.45) is 5.73 Å². The van der Waals surface area contributed by atoms with Crippen LogP contribution in [0, 0.1) is 0 Å². The maximum atomic E-state index is 11.5. The van der Waals surface area contributed by atoms with E-state index < -0.39 is 15.4 Å². The van der Waals surface area contributed by atoms with Crippen molar-refractivity contribution in [2.45, 2.75) is 30.8 Å². The molecule has 1 amide bonds. The number of rotatable bonds is 2. The van der Waals surface area contributed by atoms with Crippen LogP contribution in [0.4, 0.5) is 0 Å². The molecule has 0 unspecified atom stereocenters. The number of sulfone groups is 1. The Morgan fingerprint density at radius 1 is 1.36 bits per heavy atom. The lowest BCUT2D eigenvalue weighted by Crippen LogP contribution is -2.63. The molecule has 1 heterocycles. The van der Waals surface area contributed by atoms with Gasteiger partial charge in [-0.2, -0.15) is 0 Å². The summed E-state index contributed by atoms with van der Waals surface area (Å²) in [4.78, 5) is 11.5. The van der Waals surface area contributed by atoms with Gasteiger partial charge >= 0.3 is 0 Å². The number of nitrogens with two attached hydrogens (primary N) is 1. The highest BCUT2D eigenvalue weighted by Gasteiger charge is 2.43. The van der Waals surface area contributed by atoms with Crippen LogP contribution in [0.5, 0.6) is 0 Å². The Balaban J connectivity index is 1.85. The van der Waals surface area contributed by atoms with Crippen molar-refractivity contribution in [1.82, 2.24) is 5.32 Å². The van der Waals surface area contributed by atoms with Crippen LogP contribution in [-0.2, 0) is 14.6 Å². The van der Waals surface area contributed by atoms with Crippen LogP contribution in [0.25, 0.3) is 0 Å². The molecular formula is C8H14N2O3S. The van der Waals surface area contributed by atoms with Gasteiger partial charge in [0, 0.05) is 0 Å². The molecule has 1 saturated carbocycles. The van der Waals surface area contributed by atoms with Gasteiger partial charge in [-0.1, -0.05) is 0 Å². The lowest BCUT2D eigenvalue weighted by atomic mass is 9.77. The van der Waals surface area contributed by atoms with Gasteiger partial charge in [0.2, 0.25) is 5.91 Å². The topological polar surface area (TPSA) is 89.3 Å². The molecule has 2 fully saturated rings. The Hall–Kier alpha value is -0.620. The number of carbonyl (C=O) groups is 1. The van der Waals surface area contributed by atoms with Gasteiger partial charge < -0.3 is 11.1 Å². The summed E-state index contributed by atoms with van der Waals surface area (Å²) in [5.74, 6) is -0.0625. The normalized spacial score (nSPS) is 28.6. The van der Waals surface area contributed by atoms with E-state index in [2.05, 4.69) is 5.32 Å². The number of nitrogens with one attached hydrogen (secondary N) is 1. The molecule has 14 heavy (non-hydrogen) atoms. The first-order valence-electron chi connectivity index (χ1n) is 4.72. The first-order valence-corrected chi connectivity index (χ1v) is 6.54. The van der Waals surface area contributed by atoms with Gasteiger partial charge in [-0.25, -0.2) is 8.42 Å². The van der Waals surface area contributed by atoms with E-state index in [9.17, 15) is 13.2 Å². The number of amides is 1. The molecule has 5 nitrogen and oxygen atoms in total. The summed E-state index contributed by atoms with van der Waals surface area (Å²) in [7, 11) is -2.87. The molecule has 0 aromatic rings. The Kier molecular flexibility index (Phi) is 2.08. The van der Waals surface area contributed by atoms with Crippen molar-refractivity contribution in [3.05, 3.63) is 0 Å². The fourth-order valence-electron chi connectivity index (χ4n) is 1.76. The largest absolute Gasteiger partial charge is 0.350 e. The van der Waals surface area contributed by atoms with Gasteiger partial charge in [-0.3, -0.25) is 4.79 Å². The lowest BCUT2D eigenvalue weighted by molar-refractivity contribution is -0.129. The van der Waals surface area contributed by atoms with Gasteiger partial charge in [-0.15, -0.1) is 0 Å². The van der Waals surface area contributed by atoms with E-state index in [1.807, 2.05) is 0 Å². The van der Waals surface area contributed by atoms with Crippen LogP contribution in [-0.4, -0.2) is 37.4 Å². The van der Waals surface area contributed by atoms with E-state index in [-0.39, 0.29) is 23.5 Å². The zero-order valence-corrected chi connectivity index (χ0v) is 8.64. The van der Waals surface area contributed by atoms with Crippen molar-refractivity contribution < 1.29 is 13.2 Å². The van der Waals surface area contributed by atoms with Crippen LogP contribution >= 0.6 is 0 Å². The Labute approximate surface area is 83.0 Å². The average molecular weight is 218 g/mol. The Morgan fingerprint density at radius 3 is 2.29 bits per heavy atom. The fraction of sp³-hybridized carbons (Fsp3) is 0.875. The van der Waals surface area contributed by atoms with Crippen molar-refractivity contribution in [2.75, 3.05) is 11.5 Å². The number of hydrogen-bond acceptors (Lipinski definition) is 4. The van der Waals surface area contributed by atoms with E-state index in [0.717, 1.165) is 6.42 Å². The summed E-state index contributed by atoms with van der Waals surface area (Å²) in [6, 6.07) is -0.214. The highest BCUT2D eigenvalue weighted by Crippen LogP contribution is 2.29. The van der Waals surface area contributed by atoms with E-state index in [0.29, 0.717) is 12.8 Å². The van der Waals surface area contributed by atoms with Crippen molar-refractivity contribution in [3.8, 4) is 0 Å². The molecule has 1 saturated heterocycles. The zero-order chi connectivity index (χ0) is 10.4. The minimum absolute atomic E-state index is 0.0643. The first kappa shape index (κ1) is 9.92. The van der Waals surface area contributed by atoms with Gasteiger partial charge in [0.25, 0.3) is 0 Å². The molecule has 2 rings (SSSR count). The SMILES string of the molecule is NC1(C(=O)NC2CS(=O)(=O)C2)CCC1. The quantitative estimate of drug-likeness (QED) is 0.608. The summed E-state index contributed by atoms with van der Waals surface area (Å²) >= 11 is 0. The molecular weight excluding hydrogens is 204 g/mol. The molecule has 0 atom stereocenters.